The van der Waals surface area contributed by atoms with Crippen molar-refractivity contribution in [2.24, 2.45) is 88.8 Å². The highest BCUT2D eigenvalue weighted by Gasteiger charge is 2.43. The Morgan fingerprint density at radius 3 is 2.11 bits per heavy atom. The lowest BCUT2D eigenvalue weighted by Crippen LogP contribution is -2.52. The molecule has 11 aliphatic rings. The fourth-order valence-electron chi connectivity index (χ4n) is 20.3. The smallest absolute Gasteiger partial charge is 0.0324 e. The van der Waals surface area contributed by atoms with Gasteiger partial charge in [-0.25, -0.2) is 0 Å². The minimum absolute atomic E-state index is 0.522. The number of hydrogen-bond donors (Lipinski definition) is 0. The Morgan fingerprint density at radius 1 is 0.580 bits per heavy atom. The summed E-state index contributed by atoms with van der Waals surface area (Å²) >= 11 is 0. The summed E-state index contributed by atoms with van der Waals surface area (Å²) in [6.45, 7) is 7.57. The first-order valence-electron chi connectivity index (χ1n) is 36.5. The fourth-order valence-corrected chi connectivity index (χ4v) is 20.3. The van der Waals surface area contributed by atoms with Crippen LogP contribution >= 0.6 is 0 Å². The van der Waals surface area contributed by atoms with Gasteiger partial charge in [-0.05, 0) is 288 Å². The maximum absolute atomic E-state index is 3.05. The molecule has 1 nitrogen and oxygen atoms in total. The predicted octanol–water partition coefficient (Wildman–Crippen LogP) is 23.1. The Bertz CT molecular complexity index is 2250. The number of nitrogens with zero attached hydrogens (tertiary/aromatic N) is 1. The highest BCUT2D eigenvalue weighted by molar-refractivity contribution is 5.24. The standard InChI is InChI=1S/C80H121N/c1-4-20-64(28-18-30-74-58-79(74)60(3)21-14-15-24-61-22-8-5-9-23-61)67-40-44-69(45-41-67)66-38-36-63(37-39-66)57-75(56-62-25-10-6-11-26-62)72-50-48-71(49-51-72)70-46-42-68(43-47-70)65-29-19-33-77(53-52-65)81(76-31-12-7-13-32-76)80-34-17-16-27-73-55-59(2)35-54-78(73)80/h7,10,12-13,16-17,19,22,25-27,29,31,34,38,46,59-60,63-65,67-69,71-80H,4-6,8-9,11,14-15,18,20-21,23-24,28,30,32-33,35-37,39-45,47-58H2,1-3H3/t59-,60?,63+,64+,65?,67?,68?,69?,71?,72?,73?,74?,75?,76?,77?,78+,79?,80?/m0/s1. The van der Waals surface area contributed by atoms with Gasteiger partial charge < -0.3 is 0 Å². The largest absolute Gasteiger partial charge is 0.287 e. The van der Waals surface area contributed by atoms with Crippen molar-refractivity contribution in [1.82, 2.24) is 4.90 Å². The lowest BCUT2D eigenvalue weighted by atomic mass is 9.66. The van der Waals surface area contributed by atoms with Gasteiger partial charge in [-0.1, -0.05) is 192 Å². The van der Waals surface area contributed by atoms with E-state index >= 15 is 0 Å². The molecule has 0 spiro atoms. The van der Waals surface area contributed by atoms with Gasteiger partial charge in [-0.15, -0.1) is 0 Å². The molecule has 0 N–H and O–H groups in total. The van der Waals surface area contributed by atoms with Gasteiger partial charge in [-0.2, -0.15) is 0 Å². The number of allylic oxidation sites excluding steroid dienone is 16. The van der Waals surface area contributed by atoms with E-state index in [0.717, 1.165) is 88.8 Å². The van der Waals surface area contributed by atoms with Crippen molar-refractivity contribution in [1.29, 1.82) is 0 Å². The van der Waals surface area contributed by atoms with E-state index in [-0.39, 0.29) is 0 Å². The van der Waals surface area contributed by atoms with Crippen LogP contribution in [0.4, 0.5) is 0 Å². The van der Waals surface area contributed by atoms with E-state index in [1.807, 2.05) is 11.1 Å². The van der Waals surface area contributed by atoms with Crippen molar-refractivity contribution < 1.29 is 0 Å². The van der Waals surface area contributed by atoms with Crippen molar-refractivity contribution in [2.45, 2.75) is 289 Å². The molecule has 0 radical (unpaired) electrons. The maximum Gasteiger partial charge on any atom is 0.0324 e. The number of rotatable bonds is 24. The SMILES string of the molecule is CCC[C@H](CCCC1CC1C(C)CCCCC1=CCCCC1)C1CCC(C2=CC[C@@H](CC(CC3=CCCC=C3)C3CCC(C4=CCC(C5C=CCC(N(C6C=CC=CC6)C6C=CC=CC7C[C@@H](C)CC[C@H]76)CC5)CC4)CC3)CC2)CC1. The molecule has 1 heteroatoms. The molecule has 0 aromatic rings. The lowest BCUT2D eigenvalue weighted by Gasteiger charge is -2.47. The van der Waals surface area contributed by atoms with E-state index < -0.39 is 0 Å². The third-order valence-corrected chi connectivity index (χ3v) is 25.3. The van der Waals surface area contributed by atoms with Gasteiger partial charge in [0.15, 0.2) is 0 Å². The Morgan fingerprint density at radius 2 is 1.38 bits per heavy atom. The summed E-state index contributed by atoms with van der Waals surface area (Å²) < 4.78 is 0. The summed E-state index contributed by atoms with van der Waals surface area (Å²) in [6.07, 6.45) is 96.1. The molecule has 0 aromatic carbocycles. The molecule has 0 saturated heterocycles. The second-order valence-corrected chi connectivity index (χ2v) is 30.5. The first-order chi connectivity index (χ1) is 39.9. The van der Waals surface area contributed by atoms with Crippen LogP contribution in [0.3, 0.4) is 0 Å². The molecular weight excluding hydrogens is 975 g/mol. The zero-order valence-electron chi connectivity index (χ0n) is 52.7. The molecule has 4 fully saturated rings. The molecule has 0 amide bonds. The number of fused-ring (bicyclic) bond motifs is 1. The van der Waals surface area contributed by atoms with Crippen molar-refractivity contribution >= 4 is 0 Å². The minimum atomic E-state index is 0.522. The van der Waals surface area contributed by atoms with E-state index in [9.17, 15) is 0 Å². The highest BCUT2D eigenvalue weighted by Crippen LogP contribution is 2.51. The molecule has 4 saturated carbocycles. The third-order valence-electron chi connectivity index (χ3n) is 25.3. The first kappa shape index (κ1) is 60.1. The summed E-state index contributed by atoms with van der Waals surface area (Å²) in [6, 6.07) is 1.70. The normalized spacial score (nSPS) is 37.3. The van der Waals surface area contributed by atoms with E-state index in [4.69, 9.17) is 0 Å². The molecule has 446 valence electrons. The molecule has 0 aromatic heterocycles. The van der Waals surface area contributed by atoms with E-state index in [0.29, 0.717) is 18.1 Å². The Balaban J connectivity index is 0.614. The van der Waals surface area contributed by atoms with Gasteiger partial charge in [0.2, 0.25) is 0 Å². The molecule has 0 bridgehead atoms. The van der Waals surface area contributed by atoms with Crippen LogP contribution in [0.15, 0.2) is 120 Å². The monoisotopic (exact) mass is 1100 g/mol. The van der Waals surface area contributed by atoms with E-state index in [1.54, 1.807) is 17.6 Å². The fraction of sp³-hybridized carbons (Fsp3) is 0.750. The van der Waals surface area contributed by atoms with Gasteiger partial charge in [-0.3, -0.25) is 4.90 Å². The molecule has 10 unspecified atom stereocenters. The summed E-state index contributed by atoms with van der Waals surface area (Å²) in [7, 11) is 0. The lowest BCUT2D eigenvalue weighted by molar-refractivity contribution is 0.0500. The van der Waals surface area contributed by atoms with Gasteiger partial charge in [0.25, 0.3) is 0 Å². The Hall–Kier alpha value is -2.64. The second-order valence-electron chi connectivity index (χ2n) is 30.5. The van der Waals surface area contributed by atoms with Crippen molar-refractivity contribution in [3.05, 3.63) is 120 Å². The molecule has 0 heterocycles. The Kier molecular flexibility index (Phi) is 22.7. The van der Waals surface area contributed by atoms with Crippen LogP contribution in [0.25, 0.3) is 0 Å². The summed E-state index contributed by atoms with van der Waals surface area (Å²) in [5.41, 5.74) is 7.24. The van der Waals surface area contributed by atoms with Gasteiger partial charge in [0, 0.05) is 18.1 Å². The molecule has 0 aliphatic heterocycles. The van der Waals surface area contributed by atoms with Crippen LogP contribution in [0.5, 0.6) is 0 Å². The zero-order valence-corrected chi connectivity index (χ0v) is 52.7. The van der Waals surface area contributed by atoms with Crippen LogP contribution in [0.1, 0.15) is 271 Å². The van der Waals surface area contributed by atoms with Crippen LogP contribution in [0.2, 0.25) is 0 Å². The van der Waals surface area contributed by atoms with Gasteiger partial charge in [0.1, 0.15) is 0 Å². The molecule has 14 atom stereocenters. The van der Waals surface area contributed by atoms with Crippen molar-refractivity contribution in [3.8, 4) is 0 Å². The second kappa shape index (κ2) is 30.6. The quantitative estimate of drug-likeness (QED) is 0.0688. The topological polar surface area (TPSA) is 3.24 Å². The predicted molar refractivity (Wildman–Crippen MR) is 350 cm³/mol. The van der Waals surface area contributed by atoms with Gasteiger partial charge >= 0.3 is 0 Å². The maximum atomic E-state index is 3.05. The van der Waals surface area contributed by atoms with Crippen LogP contribution in [-0.4, -0.2) is 23.0 Å². The summed E-state index contributed by atoms with van der Waals surface area (Å²) in [4.78, 5) is 3.05. The number of unbranched alkanes of at least 4 members (excludes halogenated alkanes) is 1. The van der Waals surface area contributed by atoms with Gasteiger partial charge in [0.05, 0.1) is 0 Å². The van der Waals surface area contributed by atoms with Crippen LogP contribution in [-0.2, 0) is 0 Å². The van der Waals surface area contributed by atoms with E-state index in [1.165, 1.54) is 244 Å². The average molecular weight is 1100 g/mol. The van der Waals surface area contributed by atoms with Crippen LogP contribution < -0.4 is 0 Å². The molecule has 81 heavy (non-hydrogen) atoms. The zero-order chi connectivity index (χ0) is 55.2. The minimum Gasteiger partial charge on any atom is -0.287 e. The van der Waals surface area contributed by atoms with Crippen LogP contribution in [0, 0.1) is 88.8 Å². The molecular formula is C80H121N. The summed E-state index contributed by atoms with van der Waals surface area (Å²) in [5, 5.41) is 0. The Labute approximate surface area is 499 Å². The highest BCUT2D eigenvalue weighted by atomic mass is 15.2. The van der Waals surface area contributed by atoms with Crippen molar-refractivity contribution in [2.75, 3.05) is 0 Å². The summed E-state index contributed by atoms with van der Waals surface area (Å²) in [5.74, 6) is 13.5. The number of hydrogen-bond acceptors (Lipinski definition) is 1. The molecule has 11 aliphatic carbocycles. The third kappa shape index (κ3) is 16.7. The molecule has 11 rings (SSSR count). The first-order valence-corrected chi connectivity index (χ1v) is 36.5. The van der Waals surface area contributed by atoms with E-state index in [2.05, 4.69) is 123 Å². The van der Waals surface area contributed by atoms with Crippen molar-refractivity contribution in [3.63, 3.8) is 0 Å². The average Bonchev–Trinajstić information content (AvgIpc) is 4.37.